The zero-order valence-corrected chi connectivity index (χ0v) is 8.96. The normalized spacial score (nSPS) is 13.0. The highest BCUT2D eigenvalue weighted by Gasteiger charge is 2.07. The second-order valence-electron chi connectivity index (χ2n) is 3.76. The molecule has 4 nitrogen and oxygen atoms in total. The summed E-state index contributed by atoms with van der Waals surface area (Å²) >= 11 is 0. The minimum atomic E-state index is -0.434. The van der Waals surface area contributed by atoms with Crippen molar-refractivity contribution in [3.05, 3.63) is 42.0 Å². The molecule has 0 saturated heterocycles. The summed E-state index contributed by atoms with van der Waals surface area (Å²) in [5, 5.41) is 13.6. The number of hydrogen-bond acceptors (Lipinski definition) is 2. The van der Waals surface area contributed by atoms with E-state index in [2.05, 4.69) is 5.10 Å². The van der Waals surface area contributed by atoms with E-state index in [4.69, 9.17) is 0 Å². The Labute approximate surface area is 88.8 Å². The molecular weight excluding hydrogens is 190 g/mol. The highest BCUT2D eigenvalue weighted by Crippen LogP contribution is 2.14. The third-order valence-corrected chi connectivity index (χ3v) is 2.40. The summed E-state index contributed by atoms with van der Waals surface area (Å²) in [7, 11) is 1.90. The van der Waals surface area contributed by atoms with Gasteiger partial charge < -0.3 is 9.67 Å². The number of aromatic nitrogens is 3. The zero-order valence-electron chi connectivity index (χ0n) is 8.96. The van der Waals surface area contributed by atoms with Crippen LogP contribution in [0.4, 0.5) is 0 Å². The lowest BCUT2D eigenvalue weighted by atomic mass is 10.3. The number of nitrogens with zero attached hydrogens (tertiary/aromatic N) is 3. The van der Waals surface area contributed by atoms with Crippen LogP contribution in [0.1, 0.15) is 24.3 Å². The van der Waals surface area contributed by atoms with Gasteiger partial charge in [-0.2, -0.15) is 5.10 Å². The lowest BCUT2D eigenvalue weighted by molar-refractivity contribution is 0.190. The summed E-state index contributed by atoms with van der Waals surface area (Å²) in [6.45, 7) is 2.52. The van der Waals surface area contributed by atoms with E-state index >= 15 is 0 Å². The van der Waals surface area contributed by atoms with Gasteiger partial charge in [-0.15, -0.1) is 0 Å². The molecule has 1 unspecified atom stereocenters. The maximum absolute atomic E-state index is 9.53. The van der Waals surface area contributed by atoms with Gasteiger partial charge in [0.2, 0.25) is 0 Å². The smallest absolute Gasteiger partial charge is 0.0911 e. The van der Waals surface area contributed by atoms with E-state index in [1.165, 1.54) is 0 Å². The van der Waals surface area contributed by atoms with Crippen LogP contribution < -0.4 is 0 Å². The van der Waals surface area contributed by atoms with Gasteiger partial charge in [0.15, 0.2) is 0 Å². The van der Waals surface area contributed by atoms with Crippen molar-refractivity contribution in [3.63, 3.8) is 0 Å². The average molecular weight is 205 g/mol. The molecule has 4 heteroatoms. The standard InChI is InChI=1S/C11H15N3O/c1-9(15)11-4-3-5-14(11)8-10-6-12-13(2)7-10/h3-7,9,15H,8H2,1-2H3. The molecule has 15 heavy (non-hydrogen) atoms. The Morgan fingerprint density at radius 1 is 1.53 bits per heavy atom. The van der Waals surface area contributed by atoms with Crippen LogP contribution in [0.2, 0.25) is 0 Å². The molecule has 2 heterocycles. The summed E-state index contributed by atoms with van der Waals surface area (Å²) in [6.07, 6.45) is 5.35. The number of aliphatic hydroxyl groups excluding tert-OH is 1. The molecule has 0 spiro atoms. The van der Waals surface area contributed by atoms with E-state index in [0.717, 1.165) is 17.8 Å². The van der Waals surface area contributed by atoms with Crippen molar-refractivity contribution in [1.29, 1.82) is 0 Å². The fourth-order valence-electron chi connectivity index (χ4n) is 1.70. The number of hydrogen-bond donors (Lipinski definition) is 1. The van der Waals surface area contributed by atoms with Crippen LogP contribution in [0, 0.1) is 0 Å². The van der Waals surface area contributed by atoms with Crippen LogP contribution in [-0.2, 0) is 13.6 Å². The number of aliphatic hydroxyl groups is 1. The fraction of sp³-hybridized carbons (Fsp3) is 0.364. The molecule has 0 aliphatic rings. The Hall–Kier alpha value is -1.55. The van der Waals surface area contributed by atoms with Gasteiger partial charge in [0.05, 0.1) is 18.8 Å². The van der Waals surface area contributed by atoms with Crippen LogP contribution in [0.15, 0.2) is 30.7 Å². The lowest BCUT2D eigenvalue weighted by Gasteiger charge is -2.09. The Bertz CT molecular complexity index is 442. The molecule has 2 aromatic rings. The van der Waals surface area contributed by atoms with Crippen molar-refractivity contribution in [2.75, 3.05) is 0 Å². The van der Waals surface area contributed by atoms with Gasteiger partial charge in [0.25, 0.3) is 0 Å². The summed E-state index contributed by atoms with van der Waals surface area (Å²) in [5.41, 5.74) is 2.06. The number of aryl methyl sites for hydroxylation is 1. The average Bonchev–Trinajstić information content (AvgIpc) is 2.75. The first-order valence-electron chi connectivity index (χ1n) is 4.97. The molecule has 0 amide bonds. The second-order valence-corrected chi connectivity index (χ2v) is 3.76. The first-order chi connectivity index (χ1) is 7.16. The van der Waals surface area contributed by atoms with E-state index in [1.54, 1.807) is 11.6 Å². The van der Waals surface area contributed by atoms with Gasteiger partial charge in [0, 0.05) is 30.7 Å². The molecular formula is C11H15N3O. The molecule has 0 radical (unpaired) electrons. The van der Waals surface area contributed by atoms with Gasteiger partial charge in [0.1, 0.15) is 0 Å². The predicted octanol–water partition coefficient (Wildman–Crippen LogP) is 1.32. The van der Waals surface area contributed by atoms with Crippen molar-refractivity contribution < 1.29 is 5.11 Å². The van der Waals surface area contributed by atoms with Crippen LogP contribution in [0.5, 0.6) is 0 Å². The van der Waals surface area contributed by atoms with Crippen molar-refractivity contribution >= 4 is 0 Å². The monoisotopic (exact) mass is 205 g/mol. The van der Waals surface area contributed by atoms with Gasteiger partial charge in [-0.3, -0.25) is 4.68 Å². The third-order valence-electron chi connectivity index (χ3n) is 2.40. The van der Waals surface area contributed by atoms with Gasteiger partial charge in [-0.1, -0.05) is 0 Å². The minimum Gasteiger partial charge on any atom is -0.387 e. The van der Waals surface area contributed by atoms with Crippen molar-refractivity contribution in [2.45, 2.75) is 19.6 Å². The Morgan fingerprint density at radius 3 is 2.93 bits per heavy atom. The predicted molar refractivity (Wildman–Crippen MR) is 57.4 cm³/mol. The van der Waals surface area contributed by atoms with E-state index in [-0.39, 0.29) is 0 Å². The Balaban J connectivity index is 2.20. The quantitative estimate of drug-likeness (QED) is 0.821. The molecule has 0 bridgehead atoms. The summed E-state index contributed by atoms with van der Waals surface area (Å²) < 4.78 is 3.81. The van der Waals surface area contributed by atoms with Crippen LogP contribution in [0.3, 0.4) is 0 Å². The molecule has 1 atom stereocenters. The van der Waals surface area contributed by atoms with Crippen LogP contribution in [-0.4, -0.2) is 19.5 Å². The third kappa shape index (κ3) is 2.10. The molecule has 0 fully saturated rings. The Kier molecular flexibility index (Phi) is 2.60. The van der Waals surface area contributed by atoms with Crippen molar-refractivity contribution in [3.8, 4) is 0 Å². The Morgan fingerprint density at radius 2 is 2.33 bits per heavy atom. The minimum absolute atomic E-state index is 0.434. The number of rotatable bonds is 3. The summed E-state index contributed by atoms with van der Waals surface area (Å²) in [4.78, 5) is 0. The van der Waals surface area contributed by atoms with E-state index in [0.29, 0.717) is 0 Å². The first-order valence-corrected chi connectivity index (χ1v) is 4.97. The molecule has 80 valence electrons. The largest absolute Gasteiger partial charge is 0.387 e. The van der Waals surface area contributed by atoms with Crippen LogP contribution in [0.25, 0.3) is 0 Å². The molecule has 0 saturated carbocycles. The molecule has 1 N–H and O–H groups in total. The zero-order chi connectivity index (χ0) is 10.8. The van der Waals surface area contributed by atoms with Gasteiger partial charge in [-0.05, 0) is 19.1 Å². The molecule has 0 aromatic carbocycles. The highest BCUT2D eigenvalue weighted by atomic mass is 16.3. The van der Waals surface area contributed by atoms with Gasteiger partial charge >= 0.3 is 0 Å². The lowest BCUT2D eigenvalue weighted by Crippen LogP contribution is -2.05. The molecule has 0 aliphatic heterocycles. The van der Waals surface area contributed by atoms with E-state index in [1.807, 2.05) is 42.3 Å². The molecule has 2 rings (SSSR count). The van der Waals surface area contributed by atoms with E-state index in [9.17, 15) is 5.11 Å². The van der Waals surface area contributed by atoms with Crippen molar-refractivity contribution in [2.24, 2.45) is 7.05 Å². The van der Waals surface area contributed by atoms with Crippen LogP contribution >= 0.6 is 0 Å². The second kappa shape index (κ2) is 3.90. The highest BCUT2D eigenvalue weighted by molar-refractivity contribution is 5.13. The van der Waals surface area contributed by atoms with Gasteiger partial charge in [-0.25, -0.2) is 0 Å². The summed E-state index contributed by atoms with van der Waals surface area (Å²) in [6, 6.07) is 3.87. The SMILES string of the molecule is CC(O)c1cccn1Cc1cnn(C)c1. The maximum Gasteiger partial charge on any atom is 0.0911 e. The molecule has 0 aliphatic carbocycles. The maximum atomic E-state index is 9.53. The molecule has 2 aromatic heterocycles. The topological polar surface area (TPSA) is 43.0 Å². The fourth-order valence-corrected chi connectivity index (χ4v) is 1.70. The van der Waals surface area contributed by atoms with E-state index < -0.39 is 6.10 Å². The summed E-state index contributed by atoms with van der Waals surface area (Å²) in [5.74, 6) is 0. The van der Waals surface area contributed by atoms with Crippen molar-refractivity contribution in [1.82, 2.24) is 14.3 Å². The first kappa shape index (κ1) is 9.98.